The molecule has 2 aromatic carbocycles. The van der Waals surface area contributed by atoms with E-state index in [1.54, 1.807) is 4.40 Å². The van der Waals surface area contributed by atoms with Crippen molar-refractivity contribution in [2.45, 2.75) is 24.9 Å². The van der Waals surface area contributed by atoms with Gasteiger partial charge in [-0.3, -0.25) is 9.20 Å². The summed E-state index contributed by atoms with van der Waals surface area (Å²) in [5.74, 6) is 0.830. The van der Waals surface area contributed by atoms with E-state index in [0.717, 1.165) is 59.8 Å². The van der Waals surface area contributed by atoms with Crippen molar-refractivity contribution in [2.24, 2.45) is 0 Å². The third-order valence-electron chi connectivity index (χ3n) is 6.98. The van der Waals surface area contributed by atoms with Gasteiger partial charge in [0.25, 0.3) is 0 Å². The molecule has 1 amide bonds. The van der Waals surface area contributed by atoms with Gasteiger partial charge in [-0.15, -0.1) is 0 Å². The van der Waals surface area contributed by atoms with Crippen molar-refractivity contribution in [1.82, 2.24) is 24.6 Å². The van der Waals surface area contributed by atoms with E-state index in [1.807, 2.05) is 47.4 Å². The Bertz CT molecular complexity index is 1440. The molecule has 8 heteroatoms. The Hall–Kier alpha value is -4.04. The fourth-order valence-electron chi connectivity index (χ4n) is 5.16. The highest BCUT2D eigenvalue weighted by molar-refractivity contribution is 5.87. The summed E-state index contributed by atoms with van der Waals surface area (Å²) >= 11 is 0. The Morgan fingerprint density at radius 2 is 1.94 bits per heavy atom. The van der Waals surface area contributed by atoms with Crippen molar-refractivity contribution in [2.75, 3.05) is 19.7 Å². The van der Waals surface area contributed by atoms with Crippen LogP contribution in [0.3, 0.4) is 0 Å². The molecule has 1 saturated heterocycles. The van der Waals surface area contributed by atoms with E-state index in [9.17, 15) is 9.18 Å². The first-order valence-electron chi connectivity index (χ1n) is 12.1. The second kappa shape index (κ2) is 9.20. The predicted molar refractivity (Wildman–Crippen MR) is 135 cm³/mol. The van der Waals surface area contributed by atoms with E-state index < -0.39 is 5.82 Å². The number of nitrogens with one attached hydrogen (secondary N) is 1. The van der Waals surface area contributed by atoms with Crippen LogP contribution in [0.1, 0.15) is 24.4 Å². The summed E-state index contributed by atoms with van der Waals surface area (Å²) in [6, 6.07) is 16.3. The van der Waals surface area contributed by atoms with E-state index in [2.05, 4.69) is 22.9 Å². The fourth-order valence-corrected chi connectivity index (χ4v) is 5.16. The molecule has 7 nitrogen and oxygen atoms in total. The summed E-state index contributed by atoms with van der Waals surface area (Å²) in [5.41, 5.74) is 4.43. The molecular weight excluding hydrogens is 457 g/mol. The van der Waals surface area contributed by atoms with Gasteiger partial charge in [-0.1, -0.05) is 49.0 Å². The summed E-state index contributed by atoms with van der Waals surface area (Å²) in [4.78, 5) is 22.6. The summed E-state index contributed by atoms with van der Waals surface area (Å²) in [5, 5.41) is 3.72. The van der Waals surface area contributed by atoms with Gasteiger partial charge in [0.15, 0.2) is 5.82 Å². The van der Waals surface area contributed by atoms with Crippen LogP contribution in [-0.4, -0.2) is 50.9 Å². The van der Waals surface area contributed by atoms with E-state index in [-0.39, 0.29) is 11.9 Å². The van der Waals surface area contributed by atoms with E-state index >= 15 is 0 Å². The second-order valence-electron chi connectivity index (χ2n) is 9.20. The Balaban J connectivity index is 1.28. The quantitative estimate of drug-likeness (QED) is 0.426. The molecule has 0 bridgehead atoms. The summed E-state index contributed by atoms with van der Waals surface area (Å²) in [6.45, 7) is 5.59. The van der Waals surface area contributed by atoms with Crippen molar-refractivity contribution >= 4 is 11.7 Å². The van der Waals surface area contributed by atoms with Crippen LogP contribution in [0, 0.1) is 5.82 Å². The molecule has 0 spiro atoms. The molecule has 6 rings (SSSR count). The molecule has 0 aliphatic carbocycles. The minimum absolute atomic E-state index is 0.00437. The van der Waals surface area contributed by atoms with Crippen LogP contribution >= 0.6 is 0 Å². The van der Waals surface area contributed by atoms with Gasteiger partial charge in [0.2, 0.25) is 11.7 Å². The summed E-state index contributed by atoms with van der Waals surface area (Å²) in [6.07, 6.45) is 5.77. The average Bonchev–Trinajstić information content (AvgIpc) is 3.49. The van der Waals surface area contributed by atoms with Gasteiger partial charge in [0.05, 0.1) is 23.6 Å². The zero-order valence-electron chi connectivity index (χ0n) is 19.7. The molecule has 4 heterocycles. The lowest BCUT2D eigenvalue weighted by atomic mass is 9.99. The van der Waals surface area contributed by atoms with E-state index in [4.69, 9.17) is 9.72 Å². The molecule has 1 fully saturated rings. The molecule has 0 saturated carbocycles. The van der Waals surface area contributed by atoms with Crippen molar-refractivity contribution in [3.63, 3.8) is 0 Å². The Kier molecular flexibility index (Phi) is 5.73. The number of aromatic nitrogens is 3. The molecule has 1 atom stereocenters. The van der Waals surface area contributed by atoms with Crippen molar-refractivity contribution < 1.29 is 13.9 Å². The van der Waals surface area contributed by atoms with Crippen molar-refractivity contribution in [3.05, 3.63) is 85.0 Å². The summed E-state index contributed by atoms with van der Waals surface area (Å²) in [7, 11) is 0. The number of hydrogen-bond donors (Lipinski definition) is 1. The first-order chi connectivity index (χ1) is 17.6. The highest BCUT2D eigenvalue weighted by Gasteiger charge is 2.30. The number of likely N-dealkylation sites (tertiary alicyclic amines) is 1. The maximum atomic E-state index is 14.1. The highest BCUT2D eigenvalue weighted by Crippen LogP contribution is 2.39. The number of amides is 1. The monoisotopic (exact) mass is 483 g/mol. The van der Waals surface area contributed by atoms with Crippen LogP contribution < -0.4 is 10.1 Å². The Labute approximate surface area is 208 Å². The lowest BCUT2D eigenvalue weighted by Crippen LogP contribution is -2.45. The molecular formula is C28H26FN5O2. The number of nitrogens with zero attached hydrogens (tertiary/aromatic N) is 4. The van der Waals surface area contributed by atoms with Crippen LogP contribution in [0.15, 0.2) is 73.6 Å². The third-order valence-corrected chi connectivity index (χ3v) is 6.98. The molecule has 36 heavy (non-hydrogen) atoms. The number of carbonyl (C=O) groups is 1. The summed E-state index contributed by atoms with van der Waals surface area (Å²) < 4.78 is 21.9. The standard InChI is InChI=1S/C28H26FN5O2/c1-2-25(35)33-12-10-21(11-13-33)31-23-17-36-24-14-19(8-9-22(23)24)26-27(18-6-4-3-5-7-18)34-16-20(29)15-30-28(34)32-26/h2-9,14-16,21,23,31H,1,10-13,17H2/t23-/m0/s1. The van der Waals surface area contributed by atoms with Gasteiger partial charge in [-0.2, -0.15) is 0 Å². The number of hydrogen-bond acceptors (Lipinski definition) is 5. The number of ether oxygens (including phenoxy) is 1. The number of piperidine rings is 1. The molecule has 0 unspecified atom stereocenters. The predicted octanol–water partition coefficient (Wildman–Crippen LogP) is 4.40. The maximum Gasteiger partial charge on any atom is 0.245 e. The molecule has 1 N–H and O–H groups in total. The normalized spacial score (nSPS) is 17.7. The number of halogens is 1. The number of benzene rings is 2. The third kappa shape index (κ3) is 4.03. The first-order valence-corrected chi connectivity index (χ1v) is 12.1. The van der Waals surface area contributed by atoms with Crippen LogP contribution in [0.2, 0.25) is 0 Å². The molecule has 4 aromatic rings. The lowest BCUT2D eigenvalue weighted by Gasteiger charge is -2.33. The number of imidazole rings is 1. The molecule has 182 valence electrons. The van der Waals surface area contributed by atoms with Gasteiger partial charge in [0, 0.05) is 42.0 Å². The number of rotatable bonds is 5. The smallest absolute Gasteiger partial charge is 0.245 e. The Morgan fingerprint density at radius 1 is 1.14 bits per heavy atom. The molecule has 2 aliphatic rings. The van der Waals surface area contributed by atoms with Crippen molar-refractivity contribution in [1.29, 1.82) is 0 Å². The van der Waals surface area contributed by atoms with Crippen LogP contribution in [0.25, 0.3) is 28.3 Å². The zero-order chi connectivity index (χ0) is 24.6. The van der Waals surface area contributed by atoms with Crippen LogP contribution in [0.4, 0.5) is 4.39 Å². The minimum Gasteiger partial charge on any atom is -0.491 e. The molecule has 2 aliphatic heterocycles. The molecule has 0 radical (unpaired) electrons. The van der Waals surface area contributed by atoms with Gasteiger partial charge in [-0.05, 0) is 25.0 Å². The van der Waals surface area contributed by atoms with E-state index in [0.29, 0.717) is 18.4 Å². The fraction of sp³-hybridized carbons (Fsp3) is 0.250. The highest BCUT2D eigenvalue weighted by atomic mass is 19.1. The topological polar surface area (TPSA) is 71.8 Å². The average molecular weight is 484 g/mol. The van der Waals surface area contributed by atoms with Crippen LogP contribution in [-0.2, 0) is 4.79 Å². The zero-order valence-corrected chi connectivity index (χ0v) is 19.7. The second-order valence-corrected chi connectivity index (χ2v) is 9.20. The van der Waals surface area contributed by atoms with Crippen LogP contribution in [0.5, 0.6) is 5.75 Å². The van der Waals surface area contributed by atoms with Gasteiger partial charge in [-0.25, -0.2) is 14.4 Å². The van der Waals surface area contributed by atoms with Gasteiger partial charge in [0.1, 0.15) is 12.4 Å². The molecule has 2 aromatic heterocycles. The maximum absolute atomic E-state index is 14.1. The Morgan fingerprint density at radius 3 is 2.72 bits per heavy atom. The van der Waals surface area contributed by atoms with Gasteiger partial charge >= 0.3 is 0 Å². The number of fused-ring (bicyclic) bond motifs is 2. The van der Waals surface area contributed by atoms with Crippen molar-refractivity contribution in [3.8, 4) is 28.3 Å². The number of carbonyl (C=O) groups excluding carboxylic acids is 1. The van der Waals surface area contributed by atoms with E-state index in [1.165, 1.54) is 18.5 Å². The minimum atomic E-state index is -0.422. The largest absolute Gasteiger partial charge is 0.491 e. The first kappa shape index (κ1) is 22.4. The SMILES string of the molecule is C=CC(=O)N1CCC(N[C@H]2COc3cc(-c4nc5ncc(F)cn5c4-c4ccccc4)ccc32)CC1. The lowest BCUT2D eigenvalue weighted by molar-refractivity contribution is -0.127. The van der Waals surface area contributed by atoms with Gasteiger partial charge < -0.3 is 15.0 Å².